The summed E-state index contributed by atoms with van der Waals surface area (Å²) in [5.74, 6) is 0. The molecule has 5 heteroatoms. The number of nitrogens with one attached hydrogen (secondary N) is 2. The molecule has 1 aromatic rings. The van der Waals surface area contributed by atoms with Gasteiger partial charge < -0.3 is 15.4 Å². The zero-order chi connectivity index (χ0) is 12.8. The Hall–Kier alpha value is -1.62. The van der Waals surface area contributed by atoms with Crippen LogP contribution in [0.5, 0.6) is 0 Å². The second-order valence-corrected chi connectivity index (χ2v) is 4.04. The third kappa shape index (κ3) is 4.40. The van der Waals surface area contributed by atoms with Crippen LogP contribution >= 0.6 is 0 Å². The predicted octanol–water partition coefficient (Wildman–Crippen LogP) is 1.85. The van der Waals surface area contributed by atoms with Gasteiger partial charge in [0.05, 0.1) is 24.0 Å². The minimum Gasteiger partial charge on any atom is -0.383 e. The topological polar surface area (TPSA) is 63.2 Å². The van der Waals surface area contributed by atoms with Gasteiger partial charge in [0, 0.05) is 12.8 Å². The lowest BCUT2D eigenvalue weighted by Gasteiger charge is -2.14. The van der Waals surface area contributed by atoms with Gasteiger partial charge in [-0.05, 0) is 32.9 Å². The maximum absolute atomic E-state index is 11.6. The van der Waals surface area contributed by atoms with Crippen LogP contribution in [0.25, 0.3) is 0 Å². The van der Waals surface area contributed by atoms with Crippen LogP contribution in [0.1, 0.15) is 18.3 Å². The van der Waals surface area contributed by atoms with E-state index < -0.39 is 0 Å². The Bertz CT molecular complexity index is 393. The molecule has 0 fully saturated rings. The van der Waals surface area contributed by atoms with Crippen molar-refractivity contribution >= 4 is 11.7 Å². The van der Waals surface area contributed by atoms with Crippen LogP contribution in [0, 0.1) is 13.8 Å². The maximum Gasteiger partial charge on any atom is 0.319 e. The van der Waals surface area contributed by atoms with Gasteiger partial charge in [-0.3, -0.25) is 4.98 Å². The molecule has 17 heavy (non-hydrogen) atoms. The first kappa shape index (κ1) is 13.4. The Labute approximate surface area is 102 Å². The number of aryl methyl sites for hydroxylation is 2. The van der Waals surface area contributed by atoms with Gasteiger partial charge in [0.15, 0.2) is 0 Å². The van der Waals surface area contributed by atoms with Crippen molar-refractivity contribution in [2.24, 2.45) is 0 Å². The summed E-state index contributed by atoms with van der Waals surface area (Å²) >= 11 is 0. The summed E-state index contributed by atoms with van der Waals surface area (Å²) in [6.07, 6.45) is 0. The molecule has 0 aliphatic heterocycles. The van der Waals surface area contributed by atoms with E-state index >= 15 is 0 Å². The van der Waals surface area contributed by atoms with Gasteiger partial charge >= 0.3 is 6.03 Å². The van der Waals surface area contributed by atoms with Crippen LogP contribution in [0.2, 0.25) is 0 Å². The number of hydrogen-bond acceptors (Lipinski definition) is 3. The molecule has 5 nitrogen and oxygen atoms in total. The van der Waals surface area contributed by atoms with Crippen molar-refractivity contribution < 1.29 is 9.53 Å². The van der Waals surface area contributed by atoms with E-state index in [0.29, 0.717) is 6.61 Å². The largest absolute Gasteiger partial charge is 0.383 e. The first-order valence-electron chi connectivity index (χ1n) is 5.53. The molecule has 0 saturated heterocycles. The van der Waals surface area contributed by atoms with Gasteiger partial charge in [-0.25, -0.2) is 4.79 Å². The van der Waals surface area contributed by atoms with E-state index in [0.717, 1.165) is 17.1 Å². The molecule has 0 spiro atoms. The molecule has 1 atom stereocenters. The van der Waals surface area contributed by atoms with E-state index in [-0.39, 0.29) is 12.1 Å². The van der Waals surface area contributed by atoms with Crippen LogP contribution in [-0.4, -0.2) is 30.8 Å². The van der Waals surface area contributed by atoms with Gasteiger partial charge in [-0.2, -0.15) is 0 Å². The van der Waals surface area contributed by atoms with E-state index in [4.69, 9.17) is 4.74 Å². The molecular weight excluding hydrogens is 218 g/mol. The first-order chi connectivity index (χ1) is 8.02. The number of carbonyl (C=O) groups is 1. The van der Waals surface area contributed by atoms with Gasteiger partial charge in [-0.15, -0.1) is 0 Å². The number of nitrogens with zero attached hydrogens (tertiary/aromatic N) is 1. The smallest absolute Gasteiger partial charge is 0.319 e. The van der Waals surface area contributed by atoms with Crippen LogP contribution in [0.3, 0.4) is 0 Å². The zero-order valence-electron chi connectivity index (χ0n) is 10.7. The lowest BCUT2D eigenvalue weighted by Crippen LogP contribution is -2.38. The molecule has 0 aliphatic rings. The monoisotopic (exact) mass is 237 g/mol. The summed E-state index contributed by atoms with van der Waals surface area (Å²) in [5, 5.41) is 5.53. The Kier molecular flexibility index (Phi) is 4.90. The molecule has 94 valence electrons. The van der Waals surface area contributed by atoms with E-state index in [2.05, 4.69) is 15.6 Å². The molecule has 0 bridgehead atoms. The summed E-state index contributed by atoms with van der Waals surface area (Å²) in [7, 11) is 1.60. The highest BCUT2D eigenvalue weighted by molar-refractivity contribution is 5.89. The number of methoxy groups -OCH3 is 1. The van der Waals surface area contributed by atoms with Crippen molar-refractivity contribution in [1.29, 1.82) is 0 Å². The lowest BCUT2D eigenvalue weighted by atomic mass is 10.3. The number of amides is 2. The van der Waals surface area contributed by atoms with Crippen molar-refractivity contribution in [3.63, 3.8) is 0 Å². The summed E-state index contributed by atoms with van der Waals surface area (Å²) < 4.78 is 4.94. The number of urea groups is 1. The van der Waals surface area contributed by atoms with Gasteiger partial charge in [0.1, 0.15) is 0 Å². The molecule has 1 rings (SSSR count). The van der Waals surface area contributed by atoms with Crippen molar-refractivity contribution in [2.45, 2.75) is 26.8 Å². The predicted molar refractivity (Wildman–Crippen MR) is 67.2 cm³/mol. The fourth-order valence-electron chi connectivity index (χ4n) is 1.49. The van der Waals surface area contributed by atoms with Crippen molar-refractivity contribution in [1.82, 2.24) is 10.3 Å². The third-order valence-corrected chi connectivity index (χ3v) is 2.27. The molecule has 2 amide bonds. The number of pyridine rings is 1. The summed E-state index contributed by atoms with van der Waals surface area (Å²) in [5.41, 5.74) is 2.46. The number of hydrogen-bond donors (Lipinski definition) is 2. The van der Waals surface area contributed by atoms with Gasteiger partial charge in [0.25, 0.3) is 0 Å². The molecule has 1 aromatic heterocycles. The quantitative estimate of drug-likeness (QED) is 0.840. The van der Waals surface area contributed by atoms with Gasteiger partial charge in [-0.1, -0.05) is 0 Å². The van der Waals surface area contributed by atoms with E-state index in [1.54, 1.807) is 7.11 Å². The van der Waals surface area contributed by atoms with Gasteiger partial charge in [0.2, 0.25) is 0 Å². The van der Waals surface area contributed by atoms with E-state index in [1.165, 1.54) is 0 Å². The molecule has 1 heterocycles. The van der Waals surface area contributed by atoms with E-state index in [9.17, 15) is 4.79 Å². The molecule has 0 aromatic carbocycles. The minimum absolute atomic E-state index is 0.0290. The molecule has 2 N–H and O–H groups in total. The highest BCUT2D eigenvalue weighted by Gasteiger charge is 2.08. The number of carbonyl (C=O) groups excluding carboxylic acids is 1. The molecule has 0 unspecified atom stereocenters. The molecular formula is C12H19N3O2. The average Bonchev–Trinajstić information content (AvgIpc) is 2.22. The first-order valence-corrected chi connectivity index (χ1v) is 5.53. The standard InChI is InChI=1S/C12H19N3O2/c1-8-5-6-11(10(3)13-8)15-12(16)14-9(2)7-17-4/h5-6,9H,7H2,1-4H3,(H2,14,15,16)/t9-/m0/s1. The van der Waals surface area contributed by atoms with Crippen molar-refractivity contribution in [3.05, 3.63) is 23.5 Å². The minimum atomic E-state index is -0.247. The normalized spacial score (nSPS) is 12.0. The van der Waals surface area contributed by atoms with Crippen LogP contribution in [-0.2, 0) is 4.74 Å². The highest BCUT2D eigenvalue weighted by atomic mass is 16.5. The number of aromatic nitrogens is 1. The summed E-state index contributed by atoms with van der Waals surface area (Å²) in [6.45, 7) is 6.14. The summed E-state index contributed by atoms with van der Waals surface area (Å²) in [6, 6.07) is 3.43. The Morgan fingerprint density at radius 1 is 1.47 bits per heavy atom. The van der Waals surface area contributed by atoms with E-state index in [1.807, 2.05) is 32.9 Å². The fraction of sp³-hybridized carbons (Fsp3) is 0.500. The van der Waals surface area contributed by atoms with Crippen LogP contribution < -0.4 is 10.6 Å². The molecule has 0 aliphatic carbocycles. The molecule has 0 radical (unpaired) electrons. The number of ether oxygens (including phenoxy) is 1. The second-order valence-electron chi connectivity index (χ2n) is 4.04. The summed E-state index contributed by atoms with van der Waals surface area (Å²) in [4.78, 5) is 15.9. The SMILES string of the molecule is COC[C@H](C)NC(=O)Nc1ccc(C)nc1C. The van der Waals surface area contributed by atoms with Crippen molar-refractivity contribution in [2.75, 3.05) is 19.0 Å². The Balaban J connectivity index is 2.56. The number of anilines is 1. The van der Waals surface area contributed by atoms with Crippen LogP contribution in [0.4, 0.5) is 10.5 Å². The third-order valence-electron chi connectivity index (χ3n) is 2.27. The number of rotatable bonds is 4. The average molecular weight is 237 g/mol. The Morgan fingerprint density at radius 3 is 2.76 bits per heavy atom. The maximum atomic E-state index is 11.6. The lowest BCUT2D eigenvalue weighted by molar-refractivity contribution is 0.173. The fourth-order valence-corrected chi connectivity index (χ4v) is 1.49. The van der Waals surface area contributed by atoms with Crippen molar-refractivity contribution in [3.8, 4) is 0 Å². The zero-order valence-corrected chi connectivity index (χ0v) is 10.7. The highest BCUT2D eigenvalue weighted by Crippen LogP contribution is 2.12. The van der Waals surface area contributed by atoms with Crippen LogP contribution in [0.15, 0.2) is 12.1 Å². The molecule has 0 saturated carbocycles. The Morgan fingerprint density at radius 2 is 2.18 bits per heavy atom. The second kappa shape index (κ2) is 6.20.